The second-order valence-electron chi connectivity index (χ2n) is 5.35. The van der Waals surface area contributed by atoms with E-state index in [1.165, 1.54) is 4.52 Å². The highest BCUT2D eigenvalue weighted by Gasteiger charge is 2.17. The molecule has 2 heterocycles. The van der Waals surface area contributed by atoms with Crippen molar-refractivity contribution in [2.24, 2.45) is 5.14 Å². The third-order valence-electron chi connectivity index (χ3n) is 3.47. The molecule has 0 atom stereocenters. The quantitative estimate of drug-likeness (QED) is 0.504. The van der Waals surface area contributed by atoms with Crippen molar-refractivity contribution in [1.82, 2.24) is 14.6 Å². The zero-order chi connectivity index (χ0) is 20.3. The minimum Gasteiger partial charge on any atom is -0.457 e. The van der Waals surface area contributed by atoms with Crippen LogP contribution in [-0.4, -0.2) is 23.0 Å². The number of hydrogen-bond donors (Lipinski definition) is 1. The molecule has 2 aromatic heterocycles. The molecular formula is C18H17ClN4O3S2. The first-order valence-corrected chi connectivity index (χ1v) is 11.1. The molecule has 0 saturated heterocycles. The molecule has 10 heteroatoms. The topological polar surface area (TPSA) is 99.6 Å². The highest BCUT2D eigenvalue weighted by Crippen LogP contribution is 2.27. The van der Waals surface area contributed by atoms with Gasteiger partial charge in [-0.3, -0.25) is 0 Å². The first-order chi connectivity index (χ1) is 13.4. The summed E-state index contributed by atoms with van der Waals surface area (Å²) in [6.07, 6.45) is 1.65. The number of halogens is 1. The van der Waals surface area contributed by atoms with Gasteiger partial charge in [0.2, 0.25) is 9.30 Å². The summed E-state index contributed by atoms with van der Waals surface area (Å²) in [5.41, 5.74) is 1.52. The van der Waals surface area contributed by atoms with Gasteiger partial charge in [-0.1, -0.05) is 36.8 Å². The lowest BCUT2D eigenvalue weighted by atomic mass is 10.2. The number of rotatable bonds is 4. The summed E-state index contributed by atoms with van der Waals surface area (Å²) >= 11 is 6.77. The number of aromatic nitrogens is 3. The molecule has 0 aliphatic rings. The standard InChI is InChI=1S/C16H11ClN4O3S2.C2H6/c17-11-3-7-13(8-4-11)24-12-5-1-10(2-6-12)14-9-21-15(19-14)25-16(20-21)26(18,22)23;1-2/h1-9H,(H2,18,22,23);1-2H3. The van der Waals surface area contributed by atoms with E-state index in [0.717, 1.165) is 16.9 Å². The first-order valence-electron chi connectivity index (χ1n) is 8.31. The molecule has 28 heavy (non-hydrogen) atoms. The van der Waals surface area contributed by atoms with E-state index in [1.807, 2.05) is 38.1 Å². The number of fused-ring (bicyclic) bond motifs is 1. The lowest BCUT2D eigenvalue weighted by Gasteiger charge is -2.06. The zero-order valence-corrected chi connectivity index (χ0v) is 17.4. The number of sulfonamides is 1. The third kappa shape index (κ3) is 4.50. The van der Waals surface area contributed by atoms with Crippen molar-refractivity contribution < 1.29 is 13.2 Å². The molecule has 0 aliphatic carbocycles. The number of nitrogens with zero attached hydrogens (tertiary/aromatic N) is 3. The van der Waals surface area contributed by atoms with Gasteiger partial charge in [-0.25, -0.2) is 23.1 Å². The predicted molar refractivity (Wildman–Crippen MR) is 111 cm³/mol. The monoisotopic (exact) mass is 436 g/mol. The Kier molecular flexibility index (Phi) is 5.99. The van der Waals surface area contributed by atoms with Crippen molar-refractivity contribution in [3.05, 3.63) is 59.8 Å². The summed E-state index contributed by atoms with van der Waals surface area (Å²) in [5, 5.41) is 9.65. The fraction of sp³-hybridized carbons (Fsp3) is 0.111. The summed E-state index contributed by atoms with van der Waals surface area (Å²) in [6.45, 7) is 4.00. The number of primary sulfonamides is 1. The van der Waals surface area contributed by atoms with Gasteiger partial charge in [0.15, 0.2) is 0 Å². The Bertz CT molecular complexity index is 1150. The van der Waals surface area contributed by atoms with E-state index in [4.69, 9.17) is 21.5 Å². The Hall–Kier alpha value is -2.46. The second kappa shape index (κ2) is 8.27. The lowest BCUT2D eigenvalue weighted by molar-refractivity contribution is 0.483. The van der Waals surface area contributed by atoms with Crippen LogP contribution in [0.4, 0.5) is 0 Å². The molecule has 0 bridgehead atoms. The average molecular weight is 437 g/mol. The van der Waals surface area contributed by atoms with E-state index >= 15 is 0 Å². The van der Waals surface area contributed by atoms with Crippen LogP contribution in [0.25, 0.3) is 16.2 Å². The maximum Gasteiger partial charge on any atom is 0.267 e. The Morgan fingerprint density at radius 1 is 1.04 bits per heavy atom. The maximum atomic E-state index is 11.3. The molecule has 2 N–H and O–H groups in total. The highest BCUT2D eigenvalue weighted by atomic mass is 35.5. The van der Waals surface area contributed by atoms with E-state index in [0.29, 0.717) is 27.2 Å². The highest BCUT2D eigenvalue weighted by molar-refractivity contribution is 7.91. The molecule has 2 aromatic carbocycles. The van der Waals surface area contributed by atoms with Crippen LogP contribution in [-0.2, 0) is 10.0 Å². The van der Waals surface area contributed by atoms with Crippen molar-refractivity contribution in [1.29, 1.82) is 0 Å². The van der Waals surface area contributed by atoms with E-state index in [9.17, 15) is 8.42 Å². The predicted octanol–water partition coefficient (Wildman–Crippen LogP) is 4.58. The SMILES string of the molecule is CC.NS(=O)(=O)c1nn2cc(-c3ccc(Oc4ccc(Cl)cc4)cc3)nc2s1. The van der Waals surface area contributed by atoms with Crippen LogP contribution in [0.5, 0.6) is 11.5 Å². The largest absolute Gasteiger partial charge is 0.457 e. The number of hydrogen-bond acceptors (Lipinski definition) is 6. The second-order valence-corrected chi connectivity index (χ2v) is 8.47. The summed E-state index contributed by atoms with van der Waals surface area (Å²) in [6, 6.07) is 14.4. The molecule has 0 unspecified atom stereocenters. The minimum atomic E-state index is -3.83. The number of benzene rings is 2. The summed E-state index contributed by atoms with van der Waals surface area (Å²) in [5.74, 6) is 1.36. The van der Waals surface area contributed by atoms with Gasteiger partial charge in [0.1, 0.15) is 11.5 Å². The van der Waals surface area contributed by atoms with Crippen LogP contribution in [0.3, 0.4) is 0 Å². The van der Waals surface area contributed by atoms with E-state index < -0.39 is 10.0 Å². The molecule has 0 amide bonds. The van der Waals surface area contributed by atoms with Crippen LogP contribution in [0, 0.1) is 0 Å². The van der Waals surface area contributed by atoms with Crippen LogP contribution < -0.4 is 9.88 Å². The summed E-state index contributed by atoms with van der Waals surface area (Å²) in [4.78, 5) is 4.83. The van der Waals surface area contributed by atoms with Crippen LogP contribution in [0.1, 0.15) is 13.8 Å². The molecular weight excluding hydrogens is 420 g/mol. The summed E-state index contributed by atoms with van der Waals surface area (Å²) in [7, 11) is -3.83. The zero-order valence-electron chi connectivity index (χ0n) is 15.0. The summed E-state index contributed by atoms with van der Waals surface area (Å²) < 4.78 is 29.6. The van der Waals surface area contributed by atoms with E-state index in [-0.39, 0.29) is 4.34 Å². The van der Waals surface area contributed by atoms with Gasteiger partial charge in [0.05, 0.1) is 11.9 Å². The van der Waals surface area contributed by atoms with Crippen molar-refractivity contribution in [2.75, 3.05) is 0 Å². The fourth-order valence-corrected chi connectivity index (χ4v) is 3.90. The van der Waals surface area contributed by atoms with E-state index in [1.54, 1.807) is 30.5 Å². The van der Waals surface area contributed by atoms with E-state index in [2.05, 4.69) is 10.1 Å². The molecule has 146 valence electrons. The van der Waals surface area contributed by atoms with Gasteiger partial charge in [-0.05, 0) is 48.5 Å². The van der Waals surface area contributed by atoms with Gasteiger partial charge < -0.3 is 4.74 Å². The van der Waals surface area contributed by atoms with Crippen molar-refractivity contribution in [3.8, 4) is 22.8 Å². The number of ether oxygens (including phenoxy) is 1. The Balaban J connectivity index is 0.00000109. The van der Waals surface area contributed by atoms with Crippen LogP contribution in [0.2, 0.25) is 5.02 Å². The van der Waals surface area contributed by atoms with Gasteiger partial charge >= 0.3 is 0 Å². The van der Waals surface area contributed by atoms with Crippen molar-refractivity contribution in [2.45, 2.75) is 18.2 Å². The smallest absolute Gasteiger partial charge is 0.267 e. The van der Waals surface area contributed by atoms with Gasteiger partial charge in [0, 0.05) is 10.6 Å². The number of nitrogens with two attached hydrogens (primary N) is 1. The third-order valence-corrected chi connectivity index (χ3v) is 5.95. The molecule has 4 rings (SSSR count). The lowest BCUT2D eigenvalue weighted by Crippen LogP contribution is -2.12. The molecule has 4 aromatic rings. The minimum absolute atomic E-state index is 0.168. The molecule has 0 spiro atoms. The molecule has 0 aliphatic heterocycles. The Morgan fingerprint density at radius 3 is 2.14 bits per heavy atom. The van der Waals surface area contributed by atoms with Crippen LogP contribution in [0.15, 0.2) is 59.1 Å². The fourth-order valence-electron chi connectivity index (χ4n) is 2.27. The van der Waals surface area contributed by atoms with Gasteiger partial charge in [0.25, 0.3) is 10.0 Å². The van der Waals surface area contributed by atoms with Crippen LogP contribution >= 0.6 is 22.9 Å². The maximum absolute atomic E-state index is 11.3. The molecule has 0 saturated carbocycles. The molecule has 0 fully saturated rings. The van der Waals surface area contributed by atoms with Crippen molar-refractivity contribution in [3.63, 3.8) is 0 Å². The molecule has 0 radical (unpaired) electrons. The first kappa shape index (κ1) is 20.3. The Labute approximate surface area is 171 Å². The van der Waals surface area contributed by atoms with Gasteiger partial charge in [-0.15, -0.1) is 5.10 Å². The number of imidazole rings is 1. The normalized spacial score (nSPS) is 11.1. The molecule has 7 nitrogen and oxygen atoms in total. The van der Waals surface area contributed by atoms with Crippen molar-refractivity contribution >= 4 is 37.9 Å². The Morgan fingerprint density at radius 2 is 1.61 bits per heavy atom. The average Bonchev–Trinajstić information content (AvgIpc) is 3.25. The van der Waals surface area contributed by atoms with Gasteiger partial charge in [-0.2, -0.15) is 0 Å².